The molecule has 0 bridgehead atoms. The summed E-state index contributed by atoms with van der Waals surface area (Å²) in [5.74, 6) is 5.55. The third-order valence-corrected chi connectivity index (χ3v) is 6.31. The van der Waals surface area contributed by atoms with Crippen LogP contribution >= 0.6 is 23.5 Å². The van der Waals surface area contributed by atoms with Gasteiger partial charge in [-0.15, -0.1) is 0 Å². The first kappa shape index (κ1) is 16.2. The molecule has 1 N–H and O–H groups in total. The Labute approximate surface area is 130 Å². The van der Waals surface area contributed by atoms with Gasteiger partial charge in [-0.2, -0.15) is 28.6 Å². The van der Waals surface area contributed by atoms with Gasteiger partial charge >= 0.3 is 0 Å². The van der Waals surface area contributed by atoms with Crippen molar-refractivity contribution in [1.82, 2.24) is 20.1 Å². The Hall–Kier alpha value is -0.200. The van der Waals surface area contributed by atoms with E-state index in [-0.39, 0.29) is 0 Å². The summed E-state index contributed by atoms with van der Waals surface area (Å²) in [6, 6.07) is 0.507. The summed E-state index contributed by atoms with van der Waals surface area (Å²) in [6.07, 6.45) is 2.68. The van der Waals surface area contributed by atoms with Gasteiger partial charge < -0.3 is 5.32 Å². The first-order chi connectivity index (χ1) is 9.70. The maximum atomic E-state index is 4.48. The highest BCUT2D eigenvalue weighted by molar-refractivity contribution is 8.06. The predicted molar refractivity (Wildman–Crippen MR) is 89.6 cm³/mol. The van der Waals surface area contributed by atoms with Gasteiger partial charge in [-0.25, -0.2) is 9.67 Å². The summed E-state index contributed by atoms with van der Waals surface area (Å²) in [7, 11) is 0. The lowest BCUT2D eigenvalue weighted by Crippen LogP contribution is -2.43. The number of rotatable bonds is 7. The Morgan fingerprint density at radius 3 is 2.95 bits per heavy atom. The molecule has 0 amide bonds. The van der Waals surface area contributed by atoms with E-state index < -0.39 is 0 Å². The summed E-state index contributed by atoms with van der Waals surface area (Å²) in [6.45, 7) is 8.61. The summed E-state index contributed by atoms with van der Waals surface area (Å²) in [5.41, 5.74) is 0. The van der Waals surface area contributed by atoms with Crippen molar-refractivity contribution in [1.29, 1.82) is 0 Å². The quantitative estimate of drug-likeness (QED) is 0.836. The molecule has 1 aromatic heterocycles. The van der Waals surface area contributed by atoms with Crippen molar-refractivity contribution in [2.75, 3.05) is 23.8 Å². The van der Waals surface area contributed by atoms with Gasteiger partial charge in [-0.05, 0) is 12.5 Å². The second kappa shape index (κ2) is 8.29. The van der Waals surface area contributed by atoms with Crippen LogP contribution in [0.1, 0.15) is 26.6 Å². The van der Waals surface area contributed by atoms with Crippen molar-refractivity contribution >= 4 is 23.5 Å². The van der Waals surface area contributed by atoms with Crippen LogP contribution in [0.25, 0.3) is 0 Å². The van der Waals surface area contributed by atoms with Crippen LogP contribution in [0.2, 0.25) is 0 Å². The fourth-order valence-electron chi connectivity index (χ4n) is 2.48. The van der Waals surface area contributed by atoms with Crippen LogP contribution in [0.4, 0.5) is 0 Å². The molecule has 0 spiro atoms. The molecule has 2 atom stereocenters. The van der Waals surface area contributed by atoms with Gasteiger partial charge in [-0.3, -0.25) is 0 Å². The van der Waals surface area contributed by atoms with E-state index in [9.17, 15) is 0 Å². The van der Waals surface area contributed by atoms with E-state index >= 15 is 0 Å². The Morgan fingerprint density at radius 2 is 2.30 bits per heavy atom. The zero-order valence-electron chi connectivity index (χ0n) is 12.7. The molecule has 2 heterocycles. The maximum absolute atomic E-state index is 4.48. The summed E-state index contributed by atoms with van der Waals surface area (Å²) in [5, 5.41) is 8.73. The number of hydrogen-bond acceptors (Lipinski definition) is 5. The number of hydrogen-bond donors (Lipinski definition) is 1. The molecule has 2 rings (SSSR count). The van der Waals surface area contributed by atoms with Crippen molar-refractivity contribution in [3.8, 4) is 0 Å². The number of likely N-dealkylation sites (N-methyl/N-ethyl adjacent to an activating group) is 1. The van der Waals surface area contributed by atoms with Crippen molar-refractivity contribution in [2.45, 2.75) is 45.0 Å². The fraction of sp³-hybridized carbons (Fsp3) is 0.857. The van der Waals surface area contributed by atoms with Crippen LogP contribution in [-0.4, -0.2) is 49.9 Å². The van der Waals surface area contributed by atoms with Crippen molar-refractivity contribution in [2.24, 2.45) is 5.92 Å². The molecule has 2 unspecified atom stereocenters. The van der Waals surface area contributed by atoms with Crippen molar-refractivity contribution in [3.05, 3.63) is 12.2 Å². The van der Waals surface area contributed by atoms with Gasteiger partial charge in [0.2, 0.25) is 0 Å². The molecule has 0 aromatic carbocycles. The van der Waals surface area contributed by atoms with Crippen molar-refractivity contribution in [3.63, 3.8) is 0 Å². The van der Waals surface area contributed by atoms with E-state index in [1.54, 1.807) is 6.33 Å². The first-order valence-electron chi connectivity index (χ1n) is 7.50. The minimum absolute atomic E-state index is 0.507. The van der Waals surface area contributed by atoms with Gasteiger partial charge in [0.25, 0.3) is 0 Å². The normalized spacial score (nSPS) is 21.3. The topological polar surface area (TPSA) is 42.7 Å². The Bertz CT molecular complexity index is 388. The lowest BCUT2D eigenvalue weighted by molar-refractivity contribution is 0.442. The molecular formula is C14H26N4S2. The molecule has 1 aromatic rings. The molecule has 20 heavy (non-hydrogen) atoms. The number of aromatic nitrogens is 3. The molecule has 1 saturated heterocycles. The Morgan fingerprint density at radius 1 is 1.45 bits per heavy atom. The zero-order chi connectivity index (χ0) is 14.4. The lowest BCUT2D eigenvalue weighted by atomic mass is 10.1. The van der Waals surface area contributed by atoms with Gasteiger partial charge in [0, 0.05) is 41.5 Å². The van der Waals surface area contributed by atoms with E-state index in [1.165, 1.54) is 17.3 Å². The van der Waals surface area contributed by atoms with Crippen LogP contribution in [-0.2, 0) is 13.0 Å². The molecule has 0 radical (unpaired) electrons. The number of nitrogens with zero attached hydrogens (tertiary/aromatic N) is 3. The summed E-state index contributed by atoms with van der Waals surface area (Å²) < 4.78 is 2.08. The van der Waals surface area contributed by atoms with Gasteiger partial charge in [0.15, 0.2) is 0 Å². The van der Waals surface area contributed by atoms with Crippen LogP contribution in [0.3, 0.4) is 0 Å². The van der Waals surface area contributed by atoms with E-state index in [0.717, 1.165) is 25.3 Å². The standard InChI is InChI=1S/C14H26N4S2/c1-4-15-12(13-9-19-5-6-20-13)7-14-16-10-17-18(14)8-11(2)3/h10-13,15H,4-9H2,1-3H3. The second-order valence-electron chi connectivity index (χ2n) is 5.60. The largest absolute Gasteiger partial charge is 0.313 e. The van der Waals surface area contributed by atoms with Crippen LogP contribution in [0, 0.1) is 5.92 Å². The van der Waals surface area contributed by atoms with E-state index in [0.29, 0.717) is 17.2 Å². The minimum atomic E-state index is 0.507. The van der Waals surface area contributed by atoms with Crippen molar-refractivity contribution < 1.29 is 0 Å². The number of thioether (sulfide) groups is 2. The lowest BCUT2D eigenvalue weighted by Gasteiger charge is -2.30. The highest BCUT2D eigenvalue weighted by Crippen LogP contribution is 2.27. The fourth-order valence-corrected chi connectivity index (χ4v) is 5.37. The minimum Gasteiger partial charge on any atom is -0.313 e. The number of nitrogens with one attached hydrogen (secondary N) is 1. The van der Waals surface area contributed by atoms with Gasteiger partial charge in [-0.1, -0.05) is 20.8 Å². The van der Waals surface area contributed by atoms with Crippen LogP contribution in [0.5, 0.6) is 0 Å². The average Bonchev–Trinajstić information content (AvgIpc) is 2.86. The predicted octanol–water partition coefficient (Wildman–Crippen LogP) is 2.30. The third kappa shape index (κ3) is 4.67. The third-order valence-electron chi connectivity index (χ3n) is 3.39. The SMILES string of the molecule is CCNC(Cc1ncnn1CC(C)C)C1CSCCS1. The average molecular weight is 315 g/mol. The summed E-state index contributed by atoms with van der Waals surface area (Å²) >= 11 is 4.19. The molecule has 1 aliphatic rings. The zero-order valence-corrected chi connectivity index (χ0v) is 14.3. The highest BCUT2D eigenvalue weighted by atomic mass is 32.2. The van der Waals surface area contributed by atoms with E-state index in [2.05, 4.69) is 64.4 Å². The highest BCUT2D eigenvalue weighted by Gasteiger charge is 2.25. The Balaban J connectivity index is 2.01. The smallest absolute Gasteiger partial charge is 0.138 e. The molecule has 114 valence electrons. The molecule has 4 nitrogen and oxygen atoms in total. The summed E-state index contributed by atoms with van der Waals surface area (Å²) in [4.78, 5) is 4.48. The van der Waals surface area contributed by atoms with Gasteiger partial charge in [0.1, 0.15) is 12.2 Å². The molecule has 1 fully saturated rings. The maximum Gasteiger partial charge on any atom is 0.138 e. The van der Waals surface area contributed by atoms with Gasteiger partial charge in [0.05, 0.1) is 0 Å². The van der Waals surface area contributed by atoms with Crippen LogP contribution in [0.15, 0.2) is 6.33 Å². The second-order valence-corrected chi connectivity index (χ2v) is 8.10. The molecular weight excluding hydrogens is 288 g/mol. The van der Waals surface area contributed by atoms with E-state index in [1.807, 2.05) is 0 Å². The molecule has 0 saturated carbocycles. The van der Waals surface area contributed by atoms with E-state index in [4.69, 9.17) is 0 Å². The monoisotopic (exact) mass is 314 g/mol. The Kier molecular flexibility index (Phi) is 6.71. The molecule has 1 aliphatic heterocycles. The molecule has 0 aliphatic carbocycles. The first-order valence-corrected chi connectivity index (χ1v) is 9.70. The van der Waals surface area contributed by atoms with Crippen LogP contribution < -0.4 is 5.32 Å². The molecule has 6 heteroatoms.